The van der Waals surface area contributed by atoms with E-state index in [0.717, 1.165) is 0 Å². The maximum Gasteiger partial charge on any atom is 0.244 e. The summed E-state index contributed by atoms with van der Waals surface area (Å²) in [5, 5.41) is 0.580. The molecule has 0 aliphatic carbocycles. The van der Waals surface area contributed by atoms with E-state index in [-0.39, 0.29) is 16.0 Å². The van der Waals surface area contributed by atoms with Crippen molar-refractivity contribution in [3.63, 3.8) is 0 Å². The van der Waals surface area contributed by atoms with Crippen LogP contribution in [0.3, 0.4) is 0 Å². The zero-order valence-corrected chi connectivity index (χ0v) is 16.8. The van der Waals surface area contributed by atoms with Gasteiger partial charge in [0.1, 0.15) is 16.8 Å². The van der Waals surface area contributed by atoms with Crippen LogP contribution in [-0.4, -0.2) is 41.9 Å². The largest absolute Gasteiger partial charge is 0.474 e. The maximum absolute atomic E-state index is 12.9. The molecule has 0 unspecified atom stereocenters. The van der Waals surface area contributed by atoms with Gasteiger partial charge >= 0.3 is 0 Å². The van der Waals surface area contributed by atoms with Crippen LogP contribution in [0.1, 0.15) is 24.2 Å². The van der Waals surface area contributed by atoms with E-state index in [1.165, 1.54) is 16.4 Å². The summed E-state index contributed by atoms with van der Waals surface area (Å²) in [6.45, 7) is 4.26. The third-order valence-electron chi connectivity index (χ3n) is 4.27. The van der Waals surface area contributed by atoms with Gasteiger partial charge in [-0.15, -0.1) is 0 Å². The topological polar surface area (TPSA) is 72.4 Å². The first-order chi connectivity index (χ1) is 12.3. The number of hydrogen-bond donors (Lipinski definition) is 0. The number of aromatic nitrogens is 2. The lowest BCUT2D eigenvalue weighted by molar-refractivity contribution is 0.129. The normalized spacial score (nSPS) is 16.6. The minimum Gasteiger partial charge on any atom is -0.474 e. The third kappa shape index (κ3) is 4.11. The van der Waals surface area contributed by atoms with E-state index in [9.17, 15) is 8.42 Å². The van der Waals surface area contributed by atoms with Crippen molar-refractivity contribution >= 4 is 33.2 Å². The van der Waals surface area contributed by atoms with E-state index in [1.54, 1.807) is 26.1 Å². The Balaban J connectivity index is 1.70. The molecule has 0 bridgehead atoms. The van der Waals surface area contributed by atoms with Gasteiger partial charge in [0.15, 0.2) is 0 Å². The Morgan fingerprint density at radius 1 is 1.15 bits per heavy atom. The zero-order valence-electron chi connectivity index (χ0n) is 14.4. The minimum atomic E-state index is -3.67. The molecular weight excluding hydrogens is 397 g/mol. The highest BCUT2D eigenvalue weighted by Crippen LogP contribution is 2.31. The Morgan fingerprint density at radius 2 is 1.85 bits per heavy atom. The smallest absolute Gasteiger partial charge is 0.244 e. The number of sulfonamides is 1. The van der Waals surface area contributed by atoms with Crippen LogP contribution in [0.25, 0.3) is 0 Å². The molecular formula is C17H19Cl2N3O3S. The van der Waals surface area contributed by atoms with E-state index >= 15 is 0 Å². The van der Waals surface area contributed by atoms with Crippen molar-refractivity contribution in [1.29, 1.82) is 0 Å². The molecule has 6 nitrogen and oxygen atoms in total. The van der Waals surface area contributed by atoms with E-state index < -0.39 is 10.0 Å². The lowest BCUT2D eigenvalue weighted by Crippen LogP contribution is -2.41. The molecule has 0 atom stereocenters. The quantitative estimate of drug-likeness (QED) is 0.761. The Kier molecular flexibility index (Phi) is 5.72. The van der Waals surface area contributed by atoms with Crippen molar-refractivity contribution < 1.29 is 13.2 Å². The maximum atomic E-state index is 12.9. The summed E-state index contributed by atoms with van der Waals surface area (Å²) in [6.07, 6.45) is 2.71. The van der Waals surface area contributed by atoms with Gasteiger partial charge in [-0.05, 0) is 44.4 Å². The zero-order chi connectivity index (χ0) is 18.9. The molecule has 140 valence electrons. The molecule has 0 radical (unpaired) electrons. The molecule has 1 aliphatic heterocycles. The highest BCUT2D eigenvalue weighted by atomic mass is 35.5. The molecule has 2 heterocycles. The molecule has 0 amide bonds. The predicted molar refractivity (Wildman–Crippen MR) is 100 cm³/mol. The summed E-state index contributed by atoms with van der Waals surface area (Å²) >= 11 is 12.1. The third-order valence-corrected chi connectivity index (χ3v) is 7.04. The predicted octanol–water partition coefficient (Wildman–Crippen LogP) is 3.63. The first kappa shape index (κ1) is 19.4. The molecule has 1 aliphatic rings. The van der Waals surface area contributed by atoms with Gasteiger partial charge in [-0.25, -0.2) is 13.4 Å². The van der Waals surface area contributed by atoms with E-state index in [2.05, 4.69) is 9.97 Å². The average molecular weight is 416 g/mol. The standard InChI is InChI=1S/C17H19Cl2N3O3S/c1-11-9-16(15(19)10-14(11)18)26(23,24)22-7-4-13(5-8-22)25-17-3-6-20-12(2)21-17/h3,6,9-10,13H,4-5,7-8H2,1-2H3. The van der Waals surface area contributed by atoms with Crippen LogP contribution in [0.15, 0.2) is 29.3 Å². The van der Waals surface area contributed by atoms with Gasteiger partial charge in [-0.3, -0.25) is 0 Å². The lowest BCUT2D eigenvalue weighted by Gasteiger charge is -2.31. The first-order valence-electron chi connectivity index (χ1n) is 8.19. The minimum absolute atomic E-state index is 0.0850. The van der Waals surface area contributed by atoms with Crippen molar-refractivity contribution in [1.82, 2.24) is 14.3 Å². The lowest BCUT2D eigenvalue weighted by atomic mass is 10.1. The van der Waals surface area contributed by atoms with Crippen molar-refractivity contribution in [3.8, 4) is 5.88 Å². The highest BCUT2D eigenvalue weighted by Gasteiger charge is 2.32. The number of ether oxygens (including phenoxy) is 1. The Morgan fingerprint density at radius 3 is 2.50 bits per heavy atom. The summed E-state index contributed by atoms with van der Waals surface area (Å²) in [4.78, 5) is 8.34. The molecule has 0 saturated carbocycles. The molecule has 0 N–H and O–H groups in total. The van der Waals surface area contributed by atoms with E-state index in [4.69, 9.17) is 27.9 Å². The number of halogens is 2. The monoisotopic (exact) mass is 415 g/mol. The van der Waals surface area contributed by atoms with Gasteiger partial charge in [-0.2, -0.15) is 9.29 Å². The fourth-order valence-corrected chi connectivity index (χ4v) is 5.11. The van der Waals surface area contributed by atoms with Gasteiger partial charge in [0.05, 0.1) is 5.02 Å². The Hall–Kier alpha value is -1.41. The molecule has 1 aromatic heterocycles. The average Bonchev–Trinajstić information content (AvgIpc) is 2.58. The Labute approximate surface area is 163 Å². The van der Waals surface area contributed by atoms with Crippen molar-refractivity contribution in [2.24, 2.45) is 0 Å². The van der Waals surface area contributed by atoms with E-state index in [0.29, 0.717) is 48.2 Å². The molecule has 0 spiro atoms. The molecule has 3 rings (SSSR count). The molecule has 26 heavy (non-hydrogen) atoms. The number of hydrogen-bond acceptors (Lipinski definition) is 5. The van der Waals surface area contributed by atoms with Crippen molar-refractivity contribution in [3.05, 3.63) is 45.8 Å². The summed E-state index contributed by atoms with van der Waals surface area (Å²) in [5.74, 6) is 1.14. The summed E-state index contributed by atoms with van der Waals surface area (Å²) in [7, 11) is -3.67. The number of benzene rings is 1. The SMILES string of the molecule is Cc1nccc(OC2CCN(S(=O)(=O)c3cc(C)c(Cl)cc3Cl)CC2)n1. The molecule has 9 heteroatoms. The Bertz CT molecular complexity index is 913. The van der Waals surface area contributed by atoms with Crippen LogP contribution in [-0.2, 0) is 10.0 Å². The van der Waals surface area contributed by atoms with Crippen LogP contribution in [0, 0.1) is 13.8 Å². The molecule has 2 aromatic rings. The van der Waals surface area contributed by atoms with Gasteiger partial charge in [-0.1, -0.05) is 23.2 Å². The molecule has 1 aromatic carbocycles. The number of nitrogens with zero attached hydrogens (tertiary/aromatic N) is 3. The van der Waals surface area contributed by atoms with Gasteiger partial charge < -0.3 is 4.74 Å². The fourth-order valence-electron chi connectivity index (χ4n) is 2.83. The molecule has 1 saturated heterocycles. The second-order valence-corrected chi connectivity index (χ2v) is 8.92. The second-order valence-electron chi connectivity index (χ2n) is 6.20. The van der Waals surface area contributed by atoms with Crippen molar-refractivity contribution in [2.45, 2.75) is 37.7 Å². The van der Waals surface area contributed by atoms with Crippen molar-refractivity contribution in [2.75, 3.05) is 13.1 Å². The van der Waals surface area contributed by atoms with Gasteiger partial charge in [0, 0.05) is 30.4 Å². The van der Waals surface area contributed by atoms with Gasteiger partial charge in [0.25, 0.3) is 0 Å². The van der Waals surface area contributed by atoms with Crippen LogP contribution in [0.2, 0.25) is 10.0 Å². The van der Waals surface area contributed by atoms with Crippen LogP contribution >= 0.6 is 23.2 Å². The van der Waals surface area contributed by atoms with Gasteiger partial charge in [0.2, 0.25) is 15.9 Å². The number of aryl methyl sites for hydroxylation is 2. The molecule has 1 fully saturated rings. The van der Waals surface area contributed by atoms with E-state index in [1.807, 2.05) is 0 Å². The first-order valence-corrected chi connectivity index (χ1v) is 10.4. The van der Waals surface area contributed by atoms with Crippen LogP contribution in [0.5, 0.6) is 5.88 Å². The summed E-state index contributed by atoms with van der Waals surface area (Å²) in [5.41, 5.74) is 0.673. The van der Waals surface area contributed by atoms with Crippen LogP contribution < -0.4 is 4.74 Å². The number of piperidine rings is 1. The summed E-state index contributed by atoms with van der Waals surface area (Å²) in [6, 6.07) is 4.69. The second kappa shape index (κ2) is 7.68. The van der Waals surface area contributed by atoms with Crippen LogP contribution in [0.4, 0.5) is 0 Å². The summed E-state index contributed by atoms with van der Waals surface area (Å²) < 4.78 is 33.1. The fraction of sp³-hybridized carbons (Fsp3) is 0.412. The highest BCUT2D eigenvalue weighted by molar-refractivity contribution is 7.89. The number of rotatable bonds is 4.